The summed E-state index contributed by atoms with van der Waals surface area (Å²) >= 11 is 0. The van der Waals surface area contributed by atoms with E-state index >= 15 is 0 Å². The van der Waals surface area contributed by atoms with Crippen LogP contribution in [-0.4, -0.2) is 14.8 Å². The molecular weight excluding hydrogens is 232 g/mol. The van der Waals surface area contributed by atoms with Crippen LogP contribution in [0.5, 0.6) is 0 Å². The average Bonchev–Trinajstić information content (AvgIpc) is 2.82. The summed E-state index contributed by atoms with van der Waals surface area (Å²) in [7, 11) is 1.79. The van der Waals surface area contributed by atoms with Crippen molar-refractivity contribution >= 4 is 16.9 Å². The molecule has 1 aromatic carbocycles. The Labute approximate surface area is 102 Å². The Morgan fingerprint density at radius 1 is 1.44 bits per heavy atom. The van der Waals surface area contributed by atoms with Crippen LogP contribution < -0.4 is 11.5 Å². The molecule has 3 aromatic rings. The van der Waals surface area contributed by atoms with Gasteiger partial charge in [-0.15, -0.1) is 0 Å². The maximum Gasteiger partial charge on any atom is 0.417 e. The van der Waals surface area contributed by atoms with E-state index in [1.807, 2.05) is 13.0 Å². The number of oxazole rings is 1. The van der Waals surface area contributed by atoms with Crippen LogP contribution in [0.25, 0.3) is 22.4 Å². The lowest BCUT2D eigenvalue weighted by Crippen LogP contribution is -1.97. The first-order chi connectivity index (χ1) is 8.56. The minimum atomic E-state index is -0.459. The first kappa shape index (κ1) is 10.6. The highest BCUT2D eigenvalue weighted by Crippen LogP contribution is 2.27. The van der Waals surface area contributed by atoms with Crippen LogP contribution >= 0.6 is 0 Å². The molecule has 0 saturated heterocycles. The van der Waals surface area contributed by atoms with Crippen molar-refractivity contribution in [3.8, 4) is 11.3 Å². The molecule has 0 aliphatic carbocycles. The van der Waals surface area contributed by atoms with Gasteiger partial charge in [0.15, 0.2) is 5.58 Å². The molecule has 0 fully saturated rings. The maximum atomic E-state index is 11.1. The second-order valence-corrected chi connectivity index (χ2v) is 4.21. The average molecular weight is 244 g/mol. The molecule has 18 heavy (non-hydrogen) atoms. The number of nitrogens with two attached hydrogens (primary N) is 1. The number of hydrogen-bond acceptors (Lipinski definition) is 4. The molecule has 2 aromatic heterocycles. The number of aryl methyl sites for hydroxylation is 1. The van der Waals surface area contributed by atoms with Gasteiger partial charge in [-0.25, -0.2) is 4.79 Å². The van der Waals surface area contributed by atoms with Gasteiger partial charge < -0.3 is 10.2 Å². The highest BCUT2D eigenvalue weighted by atomic mass is 16.4. The molecule has 3 N–H and O–H groups in total. The summed E-state index contributed by atoms with van der Waals surface area (Å²) in [5.74, 6) is 0.167. The molecule has 0 spiro atoms. The van der Waals surface area contributed by atoms with E-state index in [0.717, 1.165) is 16.8 Å². The number of aromatic nitrogens is 3. The molecule has 0 aliphatic rings. The van der Waals surface area contributed by atoms with Gasteiger partial charge in [-0.2, -0.15) is 5.10 Å². The molecule has 0 atom stereocenters. The quantitative estimate of drug-likeness (QED) is 0.677. The Balaban J connectivity index is 2.24. The van der Waals surface area contributed by atoms with Gasteiger partial charge in [0.1, 0.15) is 5.82 Å². The number of nitrogens with zero attached hydrogens (tertiary/aromatic N) is 2. The summed E-state index contributed by atoms with van der Waals surface area (Å²) in [5.41, 5.74) is 9.64. The second kappa shape index (κ2) is 3.49. The van der Waals surface area contributed by atoms with Crippen molar-refractivity contribution in [2.75, 3.05) is 5.73 Å². The topological polar surface area (TPSA) is 89.8 Å². The van der Waals surface area contributed by atoms with Crippen molar-refractivity contribution in [1.82, 2.24) is 14.8 Å². The third-order valence-corrected chi connectivity index (χ3v) is 3.03. The van der Waals surface area contributed by atoms with Crippen molar-refractivity contribution in [2.45, 2.75) is 6.92 Å². The third-order valence-electron chi connectivity index (χ3n) is 3.03. The van der Waals surface area contributed by atoms with Crippen LogP contribution in [0.3, 0.4) is 0 Å². The Bertz CT molecular complexity index is 794. The molecule has 0 aliphatic heterocycles. The van der Waals surface area contributed by atoms with Crippen molar-refractivity contribution in [3.63, 3.8) is 0 Å². The molecule has 92 valence electrons. The van der Waals surface area contributed by atoms with Crippen LogP contribution in [0, 0.1) is 6.92 Å². The molecule has 6 heteroatoms. The normalized spacial score (nSPS) is 11.2. The number of rotatable bonds is 1. The Morgan fingerprint density at radius 2 is 2.22 bits per heavy atom. The Kier molecular flexibility index (Phi) is 2.07. The summed E-state index contributed by atoms with van der Waals surface area (Å²) in [6, 6.07) is 5.45. The van der Waals surface area contributed by atoms with E-state index in [9.17, 15) is 4.79 Å². The number of hydrogen-bond donors (Lipinski definition) is 2. The van der Waals surface area contributed by atoms with E-state index in [1.165, 1.54) is 0 Å². The Morgan fingerprint density at radius 3 is 2.89 bits per heavy atom. The lowest BCUT2D eigenvalue weighted by molar-refractivity contribution is 0.555. The van der Waals surface area contributed by atoms with Gasteiger partial charge in [-0.05, 0) is 19.1 Å². The van der Waals surface area contributed by atoms with Crippen molar-refractivity contribution in [1.29, 1.82) is 0 Å². The zero-order valence-corrected chi connectivity index (χ0v) is 10.0. The van der Waals surface area contributed by atoms with E-state index in [1.54, 1.807) is 23.9 Å². The zero-order valence-electron chi connectivity index (χ0n) is 10.0. The van der Waals surface area contributed by atoms with E-state index in [-0.39, 0.29) is 0 Å². The highest BCUT2D eigenvalue weighted by Gasteiger charge is 2.12. The first-order valence-electron chi connectivity index (χ1n) is 5.48. The predicted molar refractivity (Wildman–Crippen MR) is 68.2 cm³/mol. The summed E-state index contributed by atoms with van der Waals surface area (Å²) in [4.78, 5) is 13.7. The van der Waals surface area contributed by atoms with E-state index in [0.29, 0.717) is 16.9 Å². The number of aromatic amines is 1. The minimum Gasteiger partial charge on any atom is -0.408 e. The van der Waals surface area contributed by atoms with Crippen molar-refractivity contribution < 1.29 is 4.42 Å². The first-order valence-corrected chi connectivity index (χ1v) is 5.48. The van der Waals surface area contributed by atoms with Crippen LogP contribution in [0.4, 0.5) is 5.82 Å². The number of nitrogen functional groups attached to an aromatic ring is 1. The summed E-state index contributed by atoms with van der Waals surface area (Å²) in [6.45, 7) is 1.91. The van der Waals surface area contributed by atoms with Gasteiger partial charge in [0.05, 0.1) is 11.2 Å². The molecule has 3 rings (SSSR count). The fourth-order valence-corrected chi connectivity index (χ4v) is 2.01. The number of benzene rings is 1. The lowest BCUT2D eigenvalue weighted by atomic mass is 10.1. The van der Waals surface area contributed by atoms with Crippen molar-refractivity contribution in [2.24, 2.45) is 7.05 Å². The van der Waals surface area contributed by atoms with Gasteiger partial charge in [-0.3, -0.25) is 9.67 Å². The van der Waals surface area contributed by atoms with E-state index in [4.69, 9.17) is 10.2 Å². The number of nitrogens with one attached hydrogen (secondary N) is 1. The SMILES string of the molecule is Cc1c(-c2ccc3[nH]c(=O)oc3c2)nn(C)c1N. The van der Waals surface area contributed by atoms with Crippen molar-refractivity contribution in [3.05, 3.63) is 34.3 Å². The zero-order chi connectivity index (χ0) is 12.9. The number of anilines is 1. The van der Waals surface area contributed by atoms with Crippen LogP contribution in [-0.2, 0) is 7.05 Å². The molecule has 6 nitrogen and oxygen atoms in total. The van der Waals surface area contributed by atoms with Gasteiger partial charge in [-0.1, -0.05) is 6.07 Å². The largest absolute Gasteiger partial charge is 0.417 e. The fourth-order valence-electron chi connectivity index (χ4n) is 2.01. The summed E-state index contributed by atoms with van der Waals surface area (Å²) in [6.07, 6.45) is 0. The molecular formula is C12H12N4O2. The van der Waals surface area contributed by atoms with Gasteiger partial charge in [0.25, 0.3) is 0 Å². The van der Waals surface area contributed by atoms with Gasteiger partial charge in [0.2, 0.25) is 0 Å². The number of H-pyrrole nitrogens is 1. The molecule has 0 amide bonds. The predicted octanol–water partition coefficient (Wildman–Crippen LogP) is 1.41. The smallest absolute Gasteiger partial charge is 0.408 e. The minimum absolute atomic E-state index is 0.459. The monoisotopic (exact) mass is 244 g/mol. The third kappa shape index (κ3) is 1.42. The maximum absolute atomic E-state index is 11.1. The van der Waals surface area contributed by atoms with Crippen LogP contribution in [0.15, 0.2) is 27.4 Å². The second-order valence-electron chi connectivity index (χ2n) is 4.21. The molecule has 0 radical (unpaired) electrons. The highest BCUT2D eigenvalue weighted by molar-refractivity contribution is 5.80. The van der Waals surface area contributed by atoms with Crippen LogP contribution in [0.2, 0.25) is 0 Å². The van der Waals surface area contributed by atoms with E-state index < -0.39 is 5.76 Å². The lowest BCUT2D eigenvalue weighted by Gasteiger charge is -1.97. The van der Waals surface area contributed by atoms with Gasteiger partial charge >= 0.3 is 5.76 Å². The molecule has 0 saturated carbocycles. The molecule has 0 unspecified atom stereocenters. The standard InChI is InChI=1S/C12H12N4O2/c1-6-10(15-16(2)11(6)13)7-3-4-8-9(5-7)18-12(17)14-8/h3-5H,13H2,1-2H3,(H,14,17). The molecule has 0 bridgehead atoms. The summed E-state index contributed by atoms with van der Waals surface area (Å²) < 4.78 is 6.66. The van der Waals surface area contributed by atoms with Gasteiger partial charge in [0, 0.05) is 18.2 Å². The summed E-state index contributed by atoms with van der Waals surface area (Å²) in [5, 5.41) is 4.36. The number of fused-ring (bicyclic) bond motifs is 1. The van der Waals surface area contributed by atoms with Crippen LogP contribution in [0.1, 0.15) is 5.56 Å². The van der Waals surface area contributed by atoms with E-state index in [2.05, 4.69) is 10.1 Å². The Hall–Kier alpha value is -2.50. The molecule has 2 heterocycles. The fraction of sp³-hybridized carbons (Fsp3) is 0.167.